The van der Waals surface area contributed by atoms with Crippen LogP contribution >= 0.6 is 11.6 Å². The minimum absolute atomic E-state index is 0.539. The van der Waals surface area contributed by atoms with Gasteiger partial charge in [-0.25, -0.2) is 0 Å². The van der Waals surface area contributed by atoms with Crippen LogP contribution in [0.15, 0.2) is 12.2 Å². The molecule has 0 saturated heterocycles. The molecule has 66 valence electrons. The van der Waals surface area contributed by atoms with Gasteiger partial charge in [-0.1, -0.05) is 6.58 Å². The van der Waals surface area contributed by atoms with Crippen molar-refractivity contribution in [3.8, 4) is 0 Å². The molecule has 0 unspecified atom stereocenters. The minimum Gasteiger partial charge on any atom is -0.383 e. The van der Waals surface area contributed by atoms with Crippen LogP contribution in [-0.4, -0.2) is 44.6 Å². The van der Waals surface area contributed by atoms with Crippen LogP contribution in [0.1, 0.15) is 0 Å². The second kappa shape index (κ2) is 6.65. The number of nitrogens with zero attached hydrogens (tertiary/aromatic N) is 1. The van der Waals surface area contributed by atoms with E-state index in [0.717, 1.165) is 25.3 Å². The molecule has 0 rings (SSSR count). The number of alkyl halides is 1. The first-order chi connectivity index (χ1) is 5.20. The van der Waals surface area contributed by atoms with Crippen LogP contribution in [0.25, 0.3) is 0 Å². The highest BCUT2D eigenvalue weighted by molar-refractivity contribution is 6.19. The molecule has 0 heterocycles. The first-order valence-electron chi connectivity index (χ1n) is 3.60. The van der Waals surface area contributed by atoms with Crippen molar-refractivity contribution in [1.82, 2.24) is 4.90 Å². The molecule has 0 saturated carbocycles. The first kappa shape index (κ1) is 11.0. The monoisotopic (exact) mass is 177 g/mol. The molecule has 0 spiro atoms. The van der Waals surface area contributed by atoms with Gasteiger partial charge in [-0.2, -0.15) is 0 Å². The van der Waals surface area contributed by atoms with Crippen molar-refractivity contribution in [3.05, 3.63) is 12.2 Å². The van der Waals surface area contributed by atoms with E-state index in [1.807, 2.05) is 7.05 Å². The zero-order valence-electron chi connectivity index (χ0n) is 7.27. The fourth-order valence-electron chi connectivity index (χ4n) is 0.750. The van der Waals surface area contributed by atoms with Gasteiger partial charge in [-0.3, -0.25) is 0 Å². The van der Waals surface area contributed by atoms with E-state index in [1.54, 1.807) is 7.11 Å². The zero-order chi connectivity index (χ0) is 8.69. The summed E-state index contributed by atoms with van der Waals surface area (Å²) in [5.74, 6) is 0.539. The van der Waals surface area contributed by atoms with Gasteiger partial charge in [-0.05, 0) is 12.6 Å². The van der Waals surface area contributed by atoms with E-state index in [9.17, 15) is 0 Å². The van der Waals surface area contributed by atoms with E-state index in [1.165, 1.54) is 0 Å². The summed E-state index contributed by atoms with van der Waals surface area (Å²) < 4.78 is 4.92. The van der Waals surface area contributed by atoms with Crippen LogP contribution in [0.4, 0.5) is 0 Å². The number of rotatable bonds is 6. The number of hydrogen-bond acceptors (Lipinski definition) is 2. The molecule has 0 aliphatic heterocycles. The van der Waals surface area contributed by atoms with Crippen LogP contribution in [0, 0.1) is 0 Å². The second-order valence-corrected chi connectivity index (χ2v) is 2.88. The van der Waals surface area contributed by atoms with E-state index in [4.69, 9.17) is 16.3 Å². The Morgan fingerprint density at radius 2 is 2.27 bits per heavy atom. The number of hydrogen-bond donors (Lipinski definition) is 0. The third-order valence-corrected chi connectivity index (χ3v) is 1.74. The van der Waals surface area contributed by atoms with E-state index in [0.29, 0.717) is 5.88 Å². The molecule has 0 atom stereocenters. The van der Waals surface area contributed by atoms with Crippen molar-refractivity contribution in [3.63, 3.8) is 0 Å². The van der Waals surface area contributed by atoms with Gasteiger partial charge >= 0.3 is 0 Å². The molecule has 0 aliphatic carbocycles. The first-order valence-corrected chi connectivity index (χ1v) is 4.14. The van der Waals surface area contributed by atoms with Gasteiger partial charge in [-0.15, -0.1) is 11.6 Å². The molecular weight excluding hydrogens is 162 g/mol. The molecule has 3 heteroatoms. The van der Waals surface area contributed by atoms with Crippen LogP contribution in [-0.2, 0) is 4.74 Å². The maximum atomic E-state index is 5.57. The fourth-order valence-corrected chi connectivity index (χ4v) is 0.835. The maximum Gasteiger partial charge on any atom is 0.0589 e. The number of halogens is 1. The number of methoxy groups -OCH3 is 1. The van der Waals surface area contributed by atoms with E-state index in [-0.39, 0.29) is 0 Å². The third kappa shape index (κ3) is 6.35. The van der Waals surface area contributed by atoms with Gasteiger partial charge < -0.3 is 9.64 Å². The molecule has 2 nitrogen and oxygen atoms in total. The normalized spacial score (nSPS) is 10.5. The SMILES string of the molecule is C=C(CCl)CN(C)CCOC. The molecule has 0 aromatic rings. The zero-order valence-corrected chi connectivity index (χ0v) is 8.02. The van der Waals surface area contributed by atoms with Crippen LogP contribution in [0.5, 0.6) is 0 Å². The standard InChI is InChI=1S/C8H16ClNO/c1-8(6-9)7-10(2)4-5-11-3/h1,4-7H2,2-3H3. The molecule has 0 radical (unpaired) electrons. The highest BCUT2D eigenvalue weighted by atomic mass is 35.5. The Morgan fingerprint density at radius 3 is 2.73 bits per heavy atom. The fraction of sp³-hybridized carbons (Fsp3) is 0.750. The molecule has 0 N–H and O–H groups in total. The van der Waals surface area contributed by atoms with Crippen LogP contribution < -0.4 is 0 Å². The summed E-state index contributed by atoms with van der Waals surface area (Å²) in [7, 11) is 3.72. The maximum absolute atomic E-state index is 5.57. The summed E-state index contributed by atoms with van der Waals surface area (Å²) in [6.45, 7) is 6.34. The predicted octanol–water partition coefficient (Wildman–Crippen LogP) is 1.36. The van der Waals surface area contributed by atoms with Crippen molar-refractivity contribution in [2.24, 2.45) is 0 Å². The van der Waals surface area contributed by atoms with Gasteiger partial charge in [0.25, 0.3) is 0 Å². The van der Waals surface area contributed by atoms with E-state index >= 15 is 0 Å². The Morgan fingerprint density at radius 1 is 1.64 bits per heavy atom. The molecular formula is C8H16ClNO. The molecule has 0 amide bonds. The second-order valence-electron chi connectivity index (χ2n) is 2.61. The van der Waals surface area contributed by atoms with Gasteiger partial charge in [0.1, 0.15) is 0 Å². The molecule has 0 bridgehead atoms. The highest BCUT2D eigenvalue weighted by Gasteiger charge is 1.98. The quantitative estimate of drug-likeness (QED) is 0.449. The van der Waals surface area contributed by atoms with Crippen molar-refractivity contribution in [2.45, 2.75) is 0 Å². The van der Waals surface area contributed by atoms with Crippen molar-refractivity contribution in [2.75, 3.05) is 39.7 Å². The molecule has 11 heavy (non-hydrogen) atoms. The third-order valence-electron chi connectivity index (χ3n) is 1.36. The summed E-state index contributed by atoms with van der Waals surface area (Å²) in [5.41, 5.74) is 1.05. The predicted molar refractivity (Wildman–Crippen MR) is 49.2 cm³/mol. The average Bonchev–Trinajstić information content (AvgIpc) is 2.00. The van der Waals surface area contributed by atoms with Gasteiger partial charge in [0.2, 0.25) is 0 Å². The Bertz CT molecular complexity index is 117. The van der Waals surface area contributed by atoms with Crippen molar-refractivity contribution >= 4 is 11.6 Å². The highest BCUT2D eigenvalue weighted by Crippen LogP contribution is 1.96. The summed E-state index contributed by atoms with van der Waals surface area (Å²) in [6.07, 6.45) is 0. The smallest absolute Gasteiger partial charge is 0.0589 e. The molecule has 0 aliphatic rings. The van der Waals surface area contributed by atoms with Crippen LogP contribution in [0.3, 0.4) is 0 Å². The lowest BCUT2D eigenvalue weighted by molar-refractivity contribution is 0.165. The summed E-state index contributed by atoms with van der Waals surface area (Å²) in [4.78, 5) is 2.13. The lowest BCUT2D eigenvalue weighted by Crippen LogP contribution is -2.25. The van der Waals surface area contributed by atoms with E-state index < -0.39 is 0 Å². The van der Waals surface area contributed by atoms with Gasteiger partial charge in [0.15, 0.2) is 0 Å². The van der Waals surface area contributed by atoms with Crippen molar-refractivity contribution < 1.29 is 4.74 Å². The lowest BCUT2D eigenvalue weighted by atomic mass is 10.3. The molecule has 0 aromatic heterocycles. The Labute approximate surface area is 73.8 Å². The average molecular weight is 178 g/mol. The summed E-state index contributed by atoms with van der Waals surface area (Å²) in [5, 5.41) is 0. The van der Waals surface area contributed by atoms with Gasteiger partial charge in [0, 0.05) is 26.1 Å². The van der Waals surface area contributed by atoms with Crippen molar-refractivity contribution in [1.29, 1.82) is 0 Å². The molecule has 0 aromatic carbocycles. The summed E-state index contributed by atoms with van der Waals surface area (Å²) >= 11 is 5.57. The molecule has 0 fully saturated rings. The van der Waals surface area contributed by atoms with E-state index in [2.05, 4.69) is 11.5 Å². The topological polar surface area (TPSA) is 12.5 Å². The summed E-state index contributed by atoms with van der Waals surface area (Å²) in [6, 6.07) is 0. The Hall–Kier alpha value is -0.0500. The lowest BCUT2D eigenvalue weighted by Gasteiger charge is -2.15. The minimum atomic E-state index is 0.539. The largest absolute Gasteiger partial charge is 0.383 e. The Balaban J connectivity index is 3.35. The Kier molecular flexibility index (Phi) is 6.62. The number of likely N-dealkylation sites (N-methyl/N-ethyl adjacent to an activating group) is 1. The van der Waals surface area contributed by atoms with Crippen LogP contribution in [0.2, 0.25) is 0 Å². The number of ether oxygens (including phenoxy) is 1. The van der Waals surface area contributed by atoms with Gasteiger partial charge in [0.05, 0.1) is 6.61 Å².